The monoisotopic (exact) mass is 362 g/mol. The van der Waals surface area contributed by atoms with Crippen LogP contribution in [0.3, 0.4) is 0 Å². The first-order valence-electron chi connectivity index (χ1n) is 10.1. The molecular weight excluding hydrogens is 336 g/mol. The van der Waals surface area contributed by atoms with E-state index in [2.05, 4.69) is 112 Å². The third-order valence-corrected chi connectivity index (χ3v) is 5.52. The number of hydrogen-bond donors (Lipinski definition) is 0. The molecule has 4 rings (SSSR count). The maximum Gasteiger partial charge on any atom is -0.00298 e. The first-order chi connectivity index (χ1) is 13.7. The van der Waals surface area contributed by atoms with Gasteiger partial charge >= 0.3 is 0 Å². The summed E-state index contributed by atoms with van der Waals surface area (Å²) in [6.07, 6.45) is 5.66. The Labute approximate surface area is 167 Å². The summed E-state index contributed by atoms with van der Waals surface area (Å²) in [6, 6.07) is 28.4. The molecule has 0 aliphatic heterocycles. The number of benzene rings is 4. The molecule has 4 aromatic carbocycles. The Balaban J connectivity index is 2.10. The SMILES string of the molecule is C/C=c1/c(-c2cccc(-c3ccccc3)c2)c2ccccc2c(C)/c1=C/CC. The maximum absolute atomic E-state index is 2.36. The second kappa shape index (κ2) is 7.86. The molecule has 0 fully saturated rings. The minimum absolute atomic E-state index is 1.03. The van der Waals surface area contributed by atoms with Crippen molar-refractivity contribution in [3.8, 4) is 22.3 Å². The number of hydrogen-bond acceptors (Lipinski definition) is 0. The Bertz CT molecular complexity index is 1240. The molecule has 0 aromatic heterocycles. The van der Waals surface area contributed by atoms with Gasteiger partial charge < -0.3 is 0 Å². The van der Waals surface area contributed by atoms with Gasteiger partial charge in [-0.15, -0.1) is 0 Å². The Hall–Kier alpha value is -3.12. The van der Waals surface area contributed by atoms with Crippen molar-refractivity contribution in [2.24, 2.45) is 0 Å². The van der Waals surface area contributed by atoms with Gasteiger partial charge in [-0.2, -0.15) is 0 Å². The lowest BCUT2D eigenvalue weighted by atomic mass is 9.90. The van der Waals surface area contributed by atoms with Crippen molar-refractivity contribution in [3.63, 3.8) is 0 Å². The molecule has 0 bridgehead atoms. The van der Waals surface area contributed by atoms with E-state index in [9.17, 15) is 0 Å². The third kappa shape index (κ3) is 3.16. The summed E-state index contributed by atoms with van der Waals surface area (Å²) >= 11 is 0. The zero-order chi connectivity index (χ0) is 19.5. The molecular formula is C28H26. The molecule has 0 spiro atoms. The summed E-state index contributed by atoms with van der Waals surface area (Å²) < 4.78 is 0. The molecule has 0 saturated heterocycles. The summed E-state index contributed by atoms with van der Waals surface area (Å²) in [6.45, 7) is 6.62. The van der Waals surface area contributed by atoms with Gasteiger partial charge in [-0.05, 0) is 75.4 Å². The first kappa shape index (κ1) is 18.3. The van der Waals surface area contributed by atoms with Gasteiger partial charge in [-0.1, -0.05) is 91.9 Å². The van der Waals surface area contributed by atoms with E-state index in [1.807, 2.05) is 0 Å². The highest BCUT2D eigenvalue weighted by atomic mass is 14.1. The van der Waals surface area contributed by atoms with E-state index in [4.69, 9.17) is 0 Å². The topological polar surface area (TPSA) is 0 Å². The molecule has 0 aliphatic carbocycles. The molecule has 28 heavy (non-hydrogen) atoms. The van der Waals surface area contributed by atoms with Crippen molar-refractivity contribution in [2.75, 3.05) is 0 Å². The normalized spacial score (nSPS) is 12.7. The quantitative estimate of drug-likeness (QED) is 0.392. The molecule has 0 radical (unpaired) electrons. The summed E-state index contributed by atoms with van der Waals surface area (Å²) in [5.41, 5.74) is 6.49. The van der Waals surface area contributed by atoms with Crippen LogP contribution in [-0.4, -0.2) is 0 Å². The molecule has 0 heterocycles. The summed E-state index contributed by atoms with van der Waals surface area (Å²) in [7, 11) is 0. The average molecular weight is 363 g/mol. The van der Waals surface area contributed by atoms with Crippen LogP contribution in [0.5, 0.6) is 0 Å². The molecule has 0 N–H and O–H groups in total. The minimum Gasteiger partial charge on any atom is -0.0791 e. The number of aryl methyl sites for hydroxylation is 1. The first-order valence-corrected chi connectivity index (χ1v) is 10.1. The van der Waals surface area contributed by atoms with Crippen molar-refractivity contribution >= 4 is 22.9 Å². The Morgan fingerprint density at radius 1 is 0.679 bits per heavy atom. The number of fused-ring (bicyclic) bond motifs is 1. The molecule has 138 valence electrons. The molecule has 0 heteroatoms. The number of rotatable bonds is 3. The lowest BCUT2D eigenvalue weighted by Gasteiger charge is -2.14. The van der Waals surface area contributed by atoms with Crippen molar-refractivity contribution in [1.29, 1.82) is 0 Å². The van der Waals surface area contributed by atoms with Crippen molar-refractivity contribution in [1.82, 2.24) is 0 Å². The van der Waals surface area contributed by atoms with E-state index < -0.39 is 0 Å². The van der Waals surface area contributed by atoms with Crippen LogP contribution in [-0.2, 0) is 0 Å². The molecule has 4 aromatic rings. The second-order valence-electron chi connectivity index (χ2n) is 7.22. The smallest absolute Gasteiger partial charge is 0.00298 e. The van der Waals surface area contributed by atoms with Crippen LogP contribution in [0.25, 0.3) is 45.2 Å². The Kier molecular flexibility index (Phi) is 5.12. The van der Waals surface area contributed by atoms with Crippen molar-refractivity contribution < 1.29 is 0 Å². The van der Waals surface area contributed by atoms with E-state index in [1.54, 1.807) is 0 Å². The largest absolute Gasteiger partial charge is 0.0791 e. The van der Waals surface area contributed by atoms with Gasteiger partial charge in [0.1, 0.15) is 0 Å². The van der Waals surface area contributed by atoms with Crippen LogP contribution in [0.1, 0.15) is 25.8 Å². The minimum atomic E-state index is 1.03. The van der Waals surface area contributed by atoms with Gasteiger partial charge in [-0.3, -0.25) is 0 Å². The van der Waals surface area contributed by atoms with E-state index in [0.29, 0.717) is 0 Å². The summed E-state index contributed by atoms with van der Waals surface area (Å²) in [5, 5.41) is 5.37. The van der Waals surface area contributed by atoms with Crippen LogP contribution in [0.2, 0.25) is 0 Å². The summed E-state index contributed by atoms with van der Waals surface area (Å²) in [5.74, 6) is 0. The van der Waals surface area contributed by atoms with Gasteiger partial charge in [0.2, 0.25) is 0 Å². The zero-order valence-corrected chi connectivity index (χ0v) is 16.9. The highest BCUT2D eigenvalue weighted by Crippen LogP contribution is 2.29. The fourth-order valence-corrected chi connectivity index (χ4v) is 4.22. The van der Waals surface area contributed by atoms with E-state index in [0.717, 1.165) is 6.42 Å². The van der Waals surface area contributed by atoms with E-state index >= 15 is 0 Å². The molecule has 0 amide bonds. The zero-order valence-electron chi connectivity index (χ0n) is 16.9. The van der Waals surface area contributed by atoms with Gasteiger partial charge in [-0.25, -0.2) is 0 Å². The van der Waals surface area contributed by atoms with Crippen LogP contribution in [0.15, 0.2) is 78.9 Å². The third-order valence-electron chi connectivity index (χ3n) is 5.52. The highest BCUT2D eigenvalue weighted by Gasteiger charge is 2.11. The van der Waals surface area contributed by atoms with Crippen LogP contribution in [0, 0.1) is 6.92 Å². The van der Waals surface area contributed by atoms with Gasteiger partial charge in [0.25, 0.3) is 0 Å². The van der Waals surface area contributed by atoms with Gasteiger partial charge in [0.15, 0.2) is 0 Å². The molecule has 0 unspecified atom stereocenters. The van der Waals surface area contributed by atoms with Gasteiger partial charge in [0.05, 0.1) is 0 Å². The van der Waals surface area contributed by atoms with Crippen LogP contribution >= 0.6 is 0 Å². The predicted octanol–water partition coefficient (Wildman–Crippen LogP) is 6.47. The van der Waals surface area contributed by atoms with Crippen molar-refractivity contribution in [2.45, 2.75) is 27.2 Å². The molecule has 0 saturated carbocycles. The highest BCUT2D eigenvalue weighted by molar-refractivity contribution is 5.99. The second-order valence-corrected chi connectivity index (χ2v) is 7.22. The molecule has 0 nitrogen and oxygen atoms in total. The lowest BCUT2D eigenvalue weighted by Crippen LogP contribution is -2.30. The maximum atomic E-state index is 2.36. The predicted molar refractivity (Wildman–Crippen MR) is 124 cm³/mol. The Morgan fingerprint density at radius 3 is 2.04 bits per heavy atom. The van der Waals surface area contributed by atoms with Crippen LogP contribution in [0.4, 0.5) is 0 Å². The fraction of sp³-hybridized carbons (Fsp3) is 0.143. The lowest BCUT2D eigenvalue weighted by molar-refractivity contribution is 1.27. The molecule has 0 atom stereocenters. The van der Waals surface area contributed by atoms with Crippen LogP contribution < -0.4 is 10.4 Å². The Morgan fingerprint density at radius 2 is 1.32 bits per heavy atom. The van der Waals surface area contributed by atoms with Gasteiger partial charge in [0, 0.05) is 0 Å². The van der Waals surface area contributed by atoms with E-state index in [-0.39, 0.29) is 0 Å². The fourth-order valence-electron chi connectivity index (χ4n) is 4.22. The molecule has 0 aliphatic rings. The summed E-state index contributed by atoms with van der Waals surface area (Å²) in [4.78, 5) is 0. The standard InChI is InChI=1S/C28H26/c1-4-12-25-20(3)26-17-9-10-18-27(26)28(24(25)5-2)23-16-11-15-22(19-23)21-13-7-6-8-14-21/h5-19H,4H2,1-3H3/b24-5+,25-12-. The van der Waals surface area contributed by atoms with E-state index in [1.165, 1.54) is 49.0 Å². The average Bonchev–Trinajstić information content (AvgIpc) is 2.76. The van der Waals surface area contributed by atoms with Crippen molar-refractivity contribution in [3.05, 3.63) is 94.9 Å².